The van der Waals surface area contributed by atoms with Gasteiger partial charge in [0.1, 0.15) is 6.33 Å². The van der Waals surface area contributed by atoms with Crippen LogP contribution in [0.1, 0.15) is 11.4 Å². The summed E-state index contributed by atoms with van der Waals surface area (Å²) in [6, 6.07) is 7.42. The van der Waals surface area contributed by atoms with Crippen LogP contribution in [0, 0.1) is 0 Å². The monoisotopic (exact) mass is 362 g/mol. The minimum absolute atomic E-state index is 0.0741. The Kier molecular flexibility index (Phi) is 4.66. The lowest BCUT2D eigenvalue weighted by Crippen LogP contribution is -2.08. The maximum Gasteiger partial charge on any atom is 0.294 e. The maximum atomic E-state index is 10.4. The summed E-state index contributed by atoms with van der Waals surface area (Å²) in [7, 11) is -0.111. The molecule has 1 aromatic carbocycles. The lowest BCUT2D eigenvalue weighted by molar-refractivity contribution is 0.483. The van der Waals surface area contributed by atoms with E-state index in [2.05, 4.69) is 25.0 Å². The molecule has 0 bridgehead atoms. The Bertz CT molecular complexity index is 978. The van der Waals surface area contributed by atoms with Gasteiger partial charge in [0.2, 0.25) is 0 Å². The smallest absolute Gasteiger partial charge is 0.294 e. The molecule has 2 N–H and O–H groups in total. The van der Waals surface area contributed by atoms with Crippen molar-refractivity contribution in [2.75, 3.05) is 0 Å². The zero-order valence-corrected chi connectivity index (χ0v) is 14.6. The van der Waals surface area contributed by atoms with E-state index in [-0.39, 0.29) is 4.90 Å². The van der Waals surface area contributed by atoms with E-state index in [1.54, 1.807) is 29.2 Å². The lowest BCUT2D eigenvalue weighted by Gasteiger charge is -2.03. The van der Waals surface area contributed by atoms with Gasteiger partial charge in [-0.25, -0.2) is 14.6 Å². The van der Waals surface area contributed by atoms with Crippen LogP contribution in [0.15, 0.2) is 41.6 Å². The first-order chi connectivity index (χ1) is 11.9. The van der Waals surface area contributed by atoms with Crippen LogP contribution in [-0.2, 0) is 37.3 Å². The van der Waals surface area contributed by atoms with E-state index < -0.39 is 10.1 Å². The summed E-state index contributed by atoms with van der Waals surface area (Å²) < 4.78 is 33.1. The van der Waals surface area contributed by atoms with Crippen LogP contribution in [0.5, 0.6) is 0 Å². The number of nitrogens with zero attached hydrogens (tertiary/aromatic N) is 5. The van der Waals surface area contributed by atoms with E-state index >= 15 is 0 Å². The quantitative estimate of drug-likeness (QED) is 0.647. The van der Waals surface area contributed by atoms with E-state index in [9.17, 15) is 8.42 Å². The van der Waals surface area contributed by atoms with Crippen molar-refractivity contribution in [3.8, 4) is 11.6 Å². The van der Waals surface area contributed by atoms with Gasteiger partial charge in [-0.1, -0.05) is 18.2 Å². The Balaban J connectivity index is 0.000000160. The van der Waals surface area contributed by atoms with Crippen molar-refractivity contribution in [1.82, 2.24) is 29.6 Å². The Hall–Kier alpha value is -2.56. The average Bonchev–Trinajstić information content (AvgIpc) is 3.27. The van der Waals surface area contributed by atoms with Gasteiger partial charge in [-0.05, 0) is 12.1 Å². The van der Waals surface area contributed by atoms with Crippen molar-refractivity contribution in [3.05, 3.63) is 48.0 Å². The topological polar surface area (TPSA) is 115 Å². The van der Waals surface area contributed by atoms with Crippen molar-refractivity contribution in [1.29, 1.82) is 0 Å². The van der Waals surface area contributed by atoms with Crippen LogP contribution in [0.4, 0.5) is 0 Å². The van der Waals surface area contributed by atoms with E-state index in [0.29, 0.717) is 0 Å². The molecule has 0 spiro atoms. The number of benzene rings is 1. The van der Waals surface area contributed by atoms with Crippen molar-refractivity contribution >= 4 is 10.1 Å². The van der Waals surface area contributed by atoms with Gasteiger partial charge >= 0.3 is 0 Å². The largest absolute Gasteiger partial charge is 0.327 e. The van der Waals surface area contributed by atoms with E-state index in [1.165, 1.54) is 17.8 Å². The molecular weight excluding hydrogens is 344 g/mol. The molecule has 0 amide bonds. The van der Waals surface area contributed by atoms with Crippen molar-refractivity contribution < 1.29 is 13.0 Å². The summed E-state index contributed by atoms with van der Waals surface area (Å²) in [5, 5.41) is 7.32. The molecule has 3 heterocycles. The van der Waals surface area contributed by atoms with Gasteiger partial charge in [0.05, 0.1) is 16.3 Å². The summed E-state index contributed by atoms with van der Waals surface area (Å²) in [6.45, 7) is 1.73. The zero-order chi connectivity index (χ0) is 18.0. The SMILES string of the molecule is Cn1ncnc1-c1nc2c(n1C)CNC2.O=S(=O)(O)c1ccccc1. The number of aryl methyl sites for hydroxylation is 1. The first-order valence-corrected chi connectivity index (χ1v) is 8.94. The minimum atomic E-state index is -4.00. The first kappa shape index (κ1) is 17.3. The first-order valence-electron chi connectivity index (χ1n) is 7.50. The van der Waals surface area contributed by atoms with Crippen molar-refractivity contribution in [2.45, 2.75) is 18.0 Å². The number of aromatic nitrogens is 5. The highest BCUT2D eigenvalue weighted by molar-refractivity contribution is 7.85. The molecular formula is C15H18N6O3S. The summed E-state index contributed by atoms with van der Waals surface area (Å²) in [5.74, 6) is 1.70. The number of hydrogen-bond donors (Lipinski definition) is 2. The van der Waals surface area contributed by atoms with Crippen LogP contribution in [0.2, 0.25) is 0 Å². The highest BCUT2D eigenvalue weighted by Crippen LogP contribution is 2.21. The highest BCUT2D eigenvalue weighted by Gasteiger charge is 2.21. The number of hydrogen-bond acceptors (Lipinski definition) is 6. The predicted molar refractivity (Wildman–Crippen MR) is 90.0 cm³/mol. The van der Waals surface area contributed by atoms with Gasteiger partial charge in [-0.15, -0.1) is 0 Å². The maximum absolute atomic E-state index is 10.4. The van der Waals surface area contributed by atoms with Crippen molar-refractivity contribution in [3.63, 3.8) is 0 Å². The fourth-order valence-corrected chi connectivity index (χ4v) is 3.04. The average molecular weight is 362 g/mol. The third-order valence-corrected chi connectivity index (χ3v) is 4.70. The second kappa shape index (κ2) is 6.75. The molecule has 10 heteroatoms. The Morgan fingerprint density at radius 1 is 1.12 bits per heavy atom. The molecule has 9 nitrogen and oxygen atoms in total. The molecule has 1 aliphatic heterocycles. The van der Waals surface area contributed by atoms with Gasteiger partial charge in [0, 0.05) is 27.2 Å². The molecule has 0 aliphatic carbocycles. The molecule has 0 unspecified atom stereocenters. The molecule has 2 aromatic heterocycles. The third kappa shape index (κ3) is 3.60. The highest BCUT2D eigenvalue weighted by atomic mass is 32.2. The van der Waals surface area contributed by atoms with Gasteiger partial charge in [-0.2, -0.15) is 13.5 Å². The van der Waals surface area contributed by atoms with Gasteiger partial charge in [-0.3, -0.25) is 4.55 Å². The molecule has 25 heavy (non-hydrogen) atoms. The molecule has 4 rings (SSSR count). The summed E-state index contributed by atoms with van der Waals surface area (Å²) in [6.07, 6.45) is 1.55. The normalized spacial score (nSPS) is 13.2. The summed E-state index contributed by atoms with van der Waals surface area (Å²) in [5.41, 5.74) is 2.36. The van der Waals surface area contributed by atoms with Gasteiger partial charge in [0.25, 0.3) is 10.1 Å². The fourth-order valence-electron chi connectivity index (χ4n) is 2.54. The molecule has 0 radical (unpaired) electrons. The summed E-state index contributed by atoms with van der Waals surface area (Å²) >= 11 is 0. The molecule has 1 aliphatic rings. The number of fused-ring (bicyclic) bond motifs is 1. The van der Waals surface area contributed by atoms with Crippen LogP contribution >= 0.6 is 0 Å². The number of rotatable bonds is 2. The van der Waals surface area contributed by atoms with E-state index in [4.69, 9.17) is 4.55 Å². The molecule has 132 valence electrons. The van der Waals surface area contributed by atoms with Crippen LogP contribution in [-0.4, -0.2) is 37.3 Å². The second-order valence-corrected chi connectivity index (χ2v) is 6.91. The second-order valence-electron chi connectivity index (χ2n) is 5.49. The number of imidazole rings is 1. The van der Waals surface area contributed by atoms with E-state index in [0.717, 1.165) is 30.4 Å². The Labute approximate surface area is 145 Å². The lowest BCUT2D eigenvalue weighted by atomic mass is 10.4. The molecule has 0 atom stereocenters. The zero-order valence-electron chi connectivity index (χ0n) is 13.8. The Morgan fingerprint density at radius 3 is 2.36 bits per heavy atom. The molecule has 0 fully saturated rings. The van der Waals surface area contributed by atoms with Gasteiger partial charge < -0.3 is 9.88 Å². The summed E-state index contributed by atoms with van der Waals surface area (Å²) in [4.78, 5) is 8.70. The van der Waals surface area contributed by atoms with Crippen LogP contribution in [0.3, 0.4) is 0 Å². The Morgan fingerprint density at radius 2 is 1.84 bits per heavy atom. The molecule has 0 saturated heterocycles. The standard InChI is InChI=1S/C9H12N6.C6H6O3S/c1-14-7-4-10-3-6(7)13-9(14)8-11-5-12-15(8)2;7-10(8,9)6-4-2-1-3-5-6/h5,10H,3-4H2,1-2H3;1-5H,(H,7,8,9). The molecule has 0 saturated carbocycles. The predicted octanol–water partition coefficient (Wildman–Crippen LogP) is 0.752. The van der Waals surface area contributed by atoms with Crippen LogP contribution < -0.4 is 5.32 Å². The minimum Gasteiger partial charge on any atom is -0.327 e. The third-order valence-electron chi connectivity index (χ3n) is 3.83. The molecule has 3 aromatic rings. The number of nitrogens with one attached hydrogen (secondary N) is 1. The fraction of sp³-hybridized carbons (Fsp3) is 0.267. The van der Waals surface area contributed by atoms with Crippen LogP contribution in [0.25, 0.3) is 11.6 Å². The van der Waals surface area contributed by atoms with Gasteiger partial charge in [0.15, 0.2) is 11.6 Å². The van der Waals surface area contributed by atoms with E-state index in [1.807, 2.05) is 14.1 Å². The van der Waals surface area contributed by atoms with Crippen molar-refractivity contribution in [2.24, 2.45) is 14.1 Å².